The minimum absolute atomic E-state index is 0.0184. The van der Waals surface area contributed by atoms with Crippen molar-refractivity contribution in [2.24, 2.45) is 0 Å². The van der Waals surface area contributed by atoms with E-state index in [0.717, 1.165) is 0 Å². The molecule has 0 N–H and O–H groups in total. The first-order chi connectivity index (χ1) is 8.70. The monoisotopic (exact) mass is 244 g/mol. The SMILES string of the molecule is COc1ccc2c(=O)c3c(F)cccc3oc2c1. The second-order valence-corrected chi connectivity index (χ2v) is 3.91. The fourth-order valence-electron chi connectivity index (χ4n) is 1.96. The van der Waals surface area contributed by atoms with E-state index in [1.54, 1.807) is 24.3 Å². The molecule has 4 heteroatoms. The summed E-state index contributed by atoms with van der Waals surface area (Å²) in [6, 6.07) is 9.15. The number of fused-ring (bicyclic) bond motifs is 2. The Morgan fingerprint density at radius 2 is 2.00 bits per heavy atom. The molecule has 0 atom stereocenters. The zero-order chi connectivity index (χ0) is 12.7. The number of hydrogen-bond acceptors (Lipinski definition) is 3. The molecule has 0 unspecified atom stereocenters. The Morgan fingerprint density at radius 3 is 2.78 bits per heavy atom. The zero-order valence-electron chi connectivity index (χ0n) is 9.57. The Labute approximate surface area is 101 Å². The van der Waals surface area contributed by atoms with Crippen LogP contribution < -0.4 is 10.2 Å². The fraction of sp³-hybridized carbons (Fsp3) is 0.0714. The molecule has 0 amide bonds. The van der Waals surface area contributed by atoms with E-state index in [1.165, 1.54) is 19.2 Å². The van der Waals surface area contributed by atoms with Gasteiger partial charge in [-0.25, -0.2) is 4.39 Å². The first-order valence-corrected chi connectivity index (χ1v) is 5.40. The highest BCUT2D eigenvalue weighted by Gasteiger charge is 2.11. The maximum absolute atomic E-state index is 13.6. The number of hydrogen-bond donors (Lipinski definition) is 0. The molecule has 0 spiro atoms. The number of methoxy groups -OCH3 is 1. The topological polar surface area (TPSA) is 39.4 Å². The molecule has 0 fully saturated rings. The summed E-state index contributed by atoms with van der Waals surface area (Å²) < 4.78 is 24.2. The molecule has 0 saturated carbocycles. The lowest BCUT2D eigenvalue weighted by molar-refractivity contribution is 0.414. The third-order valence-corrected chi connectivity index (χ3v) is 2.86. The molecule has 18 heavy (non-hydrogen) atoms. The lowest BCUT2D eigenvalue weighted by Gasteiger charge is -2.04. The van der Waals surface area contributed by atoms with Crippen LogP contribution in [0.4, 0.5) is 4.39 Å². The lowest BCUT2D eigenvalue weighted by atomic mass is 10.1. The van der Waals surface area contributed by atoms with Crippen LogP contribution in [-0.2, 0) is 0 Å². The third-order valence-electron chi connectivity index (χ3n) is 2.86. The molecule has 3 nitrogen and oxygen atoms in total. The van der Waals surface area contributed by atoms with Gasteiger partial charge in [0.25, 0.3) is 0 Å². The van der Waals surface area contributed by atoms with Crippen molar-refractivity contribution in [2.45, 2.75) is 0 Å². The summed E-state index contributed by atoms with van der Waals surface area (Å²) in [5.74, 6) is 0.0142. The smallest absolute Gasteiger partial charge is 0.203 e. The summed E-state index contributed by atoms with van der Waals surface area (Å²) in [7, 11) is 1.53. The van der Waals surface area contributed by atoms with Crippen molar-refractivity contribution in [2.75, 3.05) is 7.11 Å². The fourth-order valence-corrected chi connectivity index (χ4v) is 1.96. The molecular formula is C14H9FO3. The van der Waals surface area contributed by atoms with Gasteiger partial charge in [-0.15, -0.1) is 0 Å². The quantitative estimate of drug-likeness (QED) is 0.617. The van der Waals surface area contributed by atoms with Gasteiger partial charge in [0.2, 0.25) is 5.43 Å². The van der Waals surface area contributed by atoms with Gasteiger partial charge in [-0.05, 0) is 24.3 Å². The van der Waals surface area contributed by atoms with Crippen LogP contribution in [0.15, 0.2) is 45.6 Å². The predicted molar refractivity (Wildman–Crippen MR) is 66.5 cm³/mol. The van der Waals surface area contributed by atoms with Gasteiger partial charge in [-0.2, -0.15) is 0 Å². The Hall–Kier alpha value is -2.36. The van der Waals surface area contributed by atoms with Gasteiger partial charge in [0, 0.05) is 6.07 Å². The Bertz CT molecular complexity index is 805. The van der Waals surface area contributed by atoms with Crippen molar-refractivity contribution in [1.82, 2.24) is 0 Å². The van der Waals surface area contributed by atoms with Crippen molar-refractivity contribution in [1.29, 1.82) is 0 Å². The second kappa shape index (κ2) is 3.84. The summed E-state index contributed by atoms with van der Waals surface area (Å²) in [5, 5.41) is 0.323. The van der Waals surface area contributed by atoms with E-state index in [4.69, 9.17) is 9.15 Å². The van der Waals surface area contributed by atoms with Crippen LogP contribution in [-0.4, -0.2) is 7.11 Å². The summed E-state index contributed by atoms with van der Waals surface area (Å²) in [5.41, 5.74) is 0.255. The lowest BCUT2D eigenvalue weighted by Crippen LogP contribution is -2.04. The molecule has 0 bridgehead atoms. The molecule has 1 aromatic heterocycles. The van der Waals surface area contributed by atoms with Gasteiger partial charge in [0.1, 0.15) is 28.1 Å². The van der Waals surface area contributed by atoms with Crippen molar-refractivity contribution < 1.29 is 13.5 Å². The van der Waals surface area contributed by atoms with Gasteiger partial charge in [-0.3, -0.25) is 4.79 Å². The van der Waals surface area contributed by atoms with E-state index in [-0.39, 0.29) is 16.4 Å². The van der Waals surface area contributed by atoms with E-state index in [0.29, 0.717) is 16.7 Å². The summed E-state index contributed by atoms with van der Waals surface area (Å²) in [4.78, 5) is 12.2. The summed E-state index contributed by atoms with van der Waals surface area (Å²) >= 11 is 0. The molecule has 0 aliphatic heterocycles. The highest BCUT2D eigenvalue weighted by molar-refractivity contribution is 5.90. The Kier molecular flexibility index (Phi) is 2.30. The summed E-state index contributed by atoms with van der Waals surface area (Å²) in [6.45, 7) is 0. The van der Waals surface area contributed by atoms with Gasteiger partial charge in [0.05, 0.1) is 12.5 Å². The minimum atomic E-state index is -0.570. The van der Waals surface area contributed by atoms with Crippen molar-refractivity contribution in [3.05, 3.63) is 52.4 Å². The molecule has 0 aliphatic rings. The Morgan fingerprint density at radius 1 is 1.17 bits per heavy atom. The third kappa shape index (κ3) is 1.46. The molecule has 3 rings (SSSR count). The van der Waals surface area contributed by atoms with Crippen LogP contribution in [0.5, 0.6) is 5.75 Å². The number of ether oxygens (including phenoxy) is 1. The molecule has 0 aliphatic carbocycles. The van der Waals surface area contributed by atoms with Crippen molar-refractivity contribution in [3.63, 3.8) is 0 Å². The number of benzene rings is 2. The molecule has 0 radical (unpaired) electrons. The summed E-state index contributed by atoms with van der Waals surface area (Å²) in [6.07, 6.45) is 0. The van der Waals surface area contributed by atoms with Crippen LogP contribution in [0.1, 0.15) is 0 Å². The molecule has 3 aromatic rings. The largest absolute Gasteiger partial charge is 0.497 e. The van der Waals surface area contributed by atoms with E-state index in [9.17, 15) is 9.18 Å². The normalized spacial score (nSPS) is 11.0. The second-order valence-electron chi connectivity index (χ2n) is 3.91. The Balaban J connectivity index is 2.52. The standard InChI is InChI=1S/C14H9FO3/c1-17-8-5-6-9-12(7-8)18-11-4-2-3-10(15)13(11)14(9)16/h2-7H,1H3. The molecule has 1 heterocycles. The van der Waals surface area contributed by atoms with Crippen LogP contribution in [0.25, 0.3) is 21.9 Å². The number of halogens is 1. The molecule has 2 aromatic carbocycles. The maximum Gasteiger partial charge on any atom is 0.203 e. The van der Waals surface area contributed by atoms with Gasteiger partial charge in [-0.1, -0.05) is 6.07 Å². The van der Waals surface area contributed by atoms with Crippen LogP contribution in [0.3, 0.4) is 0 Å². The minimum Gasteiger partial charge on any atom is -0.497 e. The van der Waals surface area contributed by atoms with Crippen LogP contribution in [0.2, 0.25) is 0 Å². The van der Waals surface area contributed by atoms with E-state index >= 15 is 0 Å². The number of rotatable bonds is 1. The van der Waals surface area contributed by atoms with Crippen LogP contribution in [0, 0.1) is 5.82 Å². The molecular weight excluding hydrogens is 235 g/mol. The predicted octanol–water partition coefficient (Wildman–Crippen LogP) is 3.09. The first kappa shape index (κ1) is 10.8. The maximum atomic E-state index is 13.6. The molecule has 0 saturated heterocycles. The van der Waals surface area contributed by atoms with Crippen molar-refractivity contribution in [3.8, 4) is 5.75 Å². The van der Waals surface area contributed by atoms with E-state index in [2.05, 4.69) is 0 Å². The highest BCUT2D eigenvalue weighted by atomic mass is 19.1. The van der Waals surface area contributed by atoms with Crippen LogP contribution >= 0.6 is 0 Å². The van der Waals surface area contributed by atoms with E-state index < -0.39 is 5.82 Å². The highest BCUT2D eigenvalue weighted by Crippen LogP contribution is 2.23. The van der Waals surface area contributed by atoms with Crippen molar-refractivity contribution >= 4 is 21.9 Å². The zero-order valence-corrected chi connectivity index (χ0v) is 9.57. The first-order valence-electron chi connectivity index (χ1n) is 5.40. The van der Waals surface area contributed by atoms with Gasteiger partial charge in [0.15, 0.2) is 0 Å². The average molecular weight is 244 g/mol. The average Bonchev–Trinajstić information content (AvgIpc) is 2.38. The van der Waals surface area contributed by atoms with E-state index in [1.807, 2.05) is 0 Å². The molecule has 90 valence electrons. The van der Waals surface area contributed by atoms with Gasteiger partial charge >= 0.3 is 0 Å². The van der Waals surface area contributed by atoms with Gasteiger partial charge < -0.3 is 9.15 Å².